The summed E-state index contributed by atoms with van der Waals surface area (Å²) in [6.07, 6.45) is 2.94. The van der Waals surface area contributed by atoms with Crippen LogP contribution in [0.15, 0.2) is 30.3 Å². The van der Waals surface area contributed by atoms with Gasteiger partial charge in [0.25, 0.3) is 5.69 Å². The van der Waals surface area contributed by atoms with Gasteiger partial charge in [-0.1, -0.05) is 29.3 Å². The summed E-state index contributed by atoms with van der Waals surface area (Å²) in [5, 5.41) is 11.1. The minimum Gasteiger partial charge on any atom is -0.454 e. The first-order valence-electron chi connectivity index (χ1n) is 10.2. The molecule has 8 heteroatoms. The molecule has 2 aliphatic rings. The monoisotopic (exact) mass is 437 g/mol. The summed E-state index contributed by atoms with van der Waals surface area (Å²) in [4.78, 5) is 12.6. The van der Waals surface area contributed by atoms with Crippen molar-refractivity contribution in [3.8, 4) is 11.5 Å². The number of fused-ring (bicyclic) bond motifs is 1. The van der Waals surface area contributed by atoms with E-state index in [-0.39, 0.29) is 21.5 Å². The number of nitro groups is 1. The highest BCUT2D eigenvalue weighted by molar-refractivity contribution is 6.37. The third-order valence-corrected chi connectivity index (χ3v) is 5.91. The number of nitrogens with zero attached hydrogens (tertiary/aromatic N) is 2. The van der Waals surface area contributed by atoms with Crippen LogP contribution in [0.1, 0.15) is 25.3 Å². The highest BCUT2D eigenvalue weighted by atomic mass is 35.5. The van der Waals surface area contributed by atoms with Crippen LogP contribution in [0.5, 0.6) is 11.5 Å². The van der Waals surface area contributed by atoms with E-state index in [0.717, 1.165) is 56.7 Å². The van der Waals surface area contributed by atoms with Crippen LogP contribution >= 0.6 is 23.2 Å². The molecule has 2 aromatic rings. The molecule has 0 amide bonds. The van der Waals surface area contributed by atoms with Crippen molar-refractivity contribution < 1.29 is 15.8 Å². The van der Waals surface area contributed by atoms with E-state index in [0.29, 0.717) is 11.7 Å². The van der Waals surface area contributed by atoms with Crippen LogP contribution in [0.4, 0.5) is 5.69 Å². The quantitative estimate of drug-likeness (QED) is 0.457. The van der Waals surface area contributed by atoms with Crippen LogP contribution in [-0.2, 0) is 17.7 Å². The Kier molecular flexibility index (Phi) is 5.85. The molecule has 2 aromatic carbocycles. The predicted molar refractivity (Wildman–Crippen MR) is 112 cm³/mol. The number of hydrogen-bond acceptors (Lipinski definition) is 5. The van der Waals surface area contributed by atoms with E-state index in [2.05, 4.69) is 4.90 Å². The van der Waals surface area contributed by atoms with Crippen molar-refractivity contribution in [2.45, 2.75) is 25.8 Å². The van der Waals surface area contributed by atoms with E-state index in [9.17, 15) is 10.1 Å². The second kappa shape index (κ2) is 8.88. The Bertz CT molecular complexity index is 930. The Balaban J connectivity index is 1.49. The molecule has 1 atom stereocenters. The van der Waals surface area contributed by atoms with Gasteiger partial charge in [0, 0.05) is 46.3 Å². The number of halogens is 2. The van der Waals surface area contributed by atoms with Gasteiger partial charge in [0.15, 0.2) is 5.75 Å². The summed E-state index contributed by atoms with van der Waals surface area (Å²) >= 11 is 12.3. The van der Waals surface area contributed by atoms with Gasteiger partial charge in [-0.2, -0.15) is 0 Å². The normalized spacial score (nSPS) is 20.8. The van der Waals surface area contributed by atoms with Crippen molar-refractivity contribution in [1.82, 2.24) is 4.90 Å². The van der Waals surface area contributed by atoms with Gasteiger partial charge in [-0.25, -0.2) is 0 Å². The molecule has 1 fully saturated rings. The summed E-state index contributed by atoms with van der Waals surface area (Å²) in [5.41, 5.74) is 1.84. The Morgan fingerprint density at radius 3 is 2.62 bits per heavy atom. The lowest BCUT2D eigenvalue weighted by molar-refractivity contribution is -0.384. The number of nitro benzene ring substituents is 1. The largest absolute Gasteiger partial charge is 0.454 e. The van der Waals surface area contributed by atoms with Crippen molar-refractivity contribution in [3.05, 3.63) is 61.6 Å². The number of rotatable bonds is 5. The predicted octanol–water partition coefficient (Wildman–Crippen LogP) is 5.48. The molecular formula is C21H22Cl2N2O4. The van der Waals surface area contributed by atoms with Crippen molar-refractivity contribution in [3.63, 3.8) is 0 Å². The van der Waals surface area contributed by atoms with Gasteiger partial charge in [-0.15, -0.1) is 0 Å². The molecule has 4 rings (SSSR count). The van der Waals surface area contributed by atoms with Gasteiger partial charge in [0.1, 0.15) is 5.75 Å². The van der Waals surface area contributed by atoms with Crippen LogP contribution in [0, 0.1) is 16.0 Å². The summed E-state index contributed by atoms with van der Waals surface area (Å²) in [5.74, 6) is 1.31. The SMILES string of the molecule is [2H]C1c2ccc(Oc3c(Cl)cc([N+](=O)[O-])cc3Cl)cc2CCN1CC1CCOCC1. The zero-order valence-electron chi connectivity index (χ0n) is 16.8. The zero-order valence-corrected chi connectivity index (χ0v) is 17.3. The molecule has 0 spiro atoms. The maximum Gasteiger partial charge on any atom is 0.272 e. The Hall–Kier alpha value is -1.86. The zero-order chi connectivity index (χ0) is 21.3. The van der Waals surface area contributed by atoms with Gasteiger partial charge < -0.3 is 9.47 Å². The Morgan fingerprint density at radius 1 is 1.21 bits per heavy atom. The molecule has 2 aliphatic heterocycles. The molecular weight excluding hydrogens is 415 g/mol. The Morgan fingerprint density at radius 2 is 1.93 bits per heavy atom. The topological polar surface area (TPSA) is 64.8 Å². The van der Waals surface area contributed by atoms with Crippen molar-refractivity contribution in [2.75, 3.05) is 26.3 Å². The smallest absolute Gasteiger partial charge is 0.272 e. The minimum absolute atomic E-state index is 0.0768. The molecule has 0 saturated carbocycles. The fourth-order valence-corrected chi connectivity index (χ4v) is 4.34. The van der Waals surface area contributed by atoms with E-state index in [1.165, 1.54) is 12.1 Å². The maximum atomic E-state index is 10.9. The fourth-order valence-electron chi connectivity index (χ4n) is 3.79. The van der Waals surface area contributed by atoms with E-state index in [1.54, 1.807) is 6.07 Å². The van der Waals surface area contributed by atoms with Crippen LogP contribution in [0.3, 0.4) is 0 Å². The van der Waals surface area contributed by atoms with E-state index < -0.39 is 11.4 Å². The lowest BCUT2D eigenvalue weighted by Crippen LogP contribution is -2.36. The number of ether oxygens (including phenoxy) is 2. The molecule has 0 bridgehead atoms. The van der Waals surface area contributed by atoms with Gasteiger partial charge >= 0.3 is 0 Å². The highest BCUT2D eigenvalue weighted by Crippen LogP contribution is 2.40. The van der Waals surface area contributed by atoms with E-state index in [1.807, 2.05) is 12.1 Å². The molecule has 0 N–H and O–H groups in total. The number of benzene rings is 2. The number of hydrogen-bond donors (Lipinski definition) is 0. The molecule has 154 valence electrons. The Labute approximate surface area is 180 Å². The molecule has 1 saturated heterocycles. The second-order valence-corrected chi connectivity index (χ2v) is 8.20. The van der Waals surface area contributed by atoms with Crippen LogP contribution < -0.4 is 4.74 Å². The minimum atomic E-state index is -0.555. The second-order valence-electron chi connectivity index (χ2n) is 7.39. The molecule has 6 nitrogen and oxygen atoms in total. The lowest BCUT2D eigenvalue weighted by Gasteiger charge is -2.33. The van der Waals surface area contributed by atoms with Gasteiger partial charge in [-0.05, 0) is 48.4 Å². The molecule has 1 unspecified atom stereocenters. The van der Waals surface area contributed by atoms with Crippen molar-refractivity contribution >= 4 is 28.9 Å². The van der Waals surface area contributed by atoms with Crippen molar-refractivity contribution in [2.24, 2.45) is 5.92 Å². The summed E-state index contributed by atoms with van der Waals surface area (Å²) in [6, 6.07) is 8.03. The average Bonchev–Trinajstić information content (AvgIpc) is 2.73. The lowest BCUT2D eigenvalue weighted by atomic mass is 9.95. The van der Waals surface area contributed by atoms with Crippen LogP contribution in [-0.4, -0.2) is 36.1 Å². The van der Waals surface area contributed by atoms with Crippen LogP contribution in [0.25, 0.3) is 0 Å². The first-order chi connectivity index (χ1) is 14.4. The van der Waals surface area contributed by atoms with Gasteiger partial charge in [-0.3, -0.25) is 15.0 Å². The summed E-state index contributed by atoms with van der Waals surface area (Å²) < 4.78 is 20.0. The fraction of sp³-hybridized carbons (Fsp3) is 0.429. The summed E-state index contributed by atoms with van der Waals surface area (Å²) in [6.45, 7) is 2.96. The first-order valence-corrected chi connectivity index (χ1v) is 10.4. The maximum absolute atomic E-state index is 10.9. The molecule has 0 aliphatic carbocycles. The first kappa shape index (κ1) is 19.1. The van der Waals surface area contributed by atoms with Crippen LogP contribution in [0.2, 0.25) is 10.0 Å². The van der Waals surface area contributed by atoms with E-state index in [4.69, 9.17) is 34.0 Å². The molecule has 29 heavy (non-hydrogen) atoms. The molecule has 0 radical (unpaired) electrons. The molecule has 0 aromatic heterocycles. The molecule has 2 heterocycles. The highest BCUT2D eigenvalue weighted by Gasteiger charge is 2.22. The number of non-ortho nitro benzene ring substituents is 1. The van der Waals surface area contributed by atoms with Gasteiger partial charge in [0.05, 0.1) is 15.0 Å². The third kappa shape index (κ3) is 4.83. The summed E-state index contributed by atoms with van der Waals surface area (Å²) in [7, 11) is 0. The van der Waals surface area contributed by atoms with E-state index >= 15 is 0 Å². The average molecular weight is 438 g/mol. The standard InChI is InChI=1S/C21H22Cl2N2O4/c22-19-10-17(25(26)27)11-20(23)21(19)29-18-2-1-16-13-24(6-3-15(16)9-18)12-14-4-7-28-8-5-14/h1-2,9-11,14H,3-8,12-13H2/i13D. The van der Waals surface area contributed by atoms with Crippen molar-refractivity contribution in [1.29, 1.82) is 0 Å². The third-order valence-electron chi connectivity index (χ3n) is 5.35. The van der Waals surface area contributed by atoms with Gasteiger partial charge in [0.2, 0.25) is 0 Å².